The van der Waals surface area contributed by atoms with E-state index >= 15 is 0 Å². The second-order valence-electron chi connectivity index (χ2n) is 5.02. The monoisotopic (exact) mass is 370 g/mol. The molecule has 0 spiro atoms. The molecule has 1 aromatic heterocycles. The molecule has 0 saturated carbocycles. The lowest BCUT2D eigenvalue weighted by molar-refractivity contribution is 0.660. The number of nitrogens with one attached hydrogen (secondary N) is 1. The van der Waals surface area contributed by atoms with Gasteiger partial charge in [-0.3, -0.25) is 0 Å². The zero-order valence-corrected chi connectivity index (χ0v) is 14.4. The number of rotatable bonds is 3. The predicted molar refractivity (Wildman–Crippen MR) is 88.8 cm³/mol. The van der Waals surface area contributed by atoms with Crippen LogP contribution >= 0.6 is 38.9 Å². The first-order valence-electron chi connectivity index (χ1n) is 6.79. The Labute approximate surface area is 136 Å². The second-order valence-corrected chi connectivity index (χ2v) is 7.42. The van der Waals surface area contributed by atoms with Gasteiger partial charge in [-0.05, 0) is 50.4 Å². The molecule has 0 radical (unpaired) electrons. The van der Waals surface area contributed by atoms with Crippen LogP contribution in [0.5, 0.6) is 0 Å². The minimum atomic E-state index is 0.122. The molecule has 1 heterocycles. The van der Waals surface area contributed by atoms with E-state index in [1.807, 2.05) is 30.5 Å². The van der Waals surface area contributed by atoms with Crippen molar-refractivity contribution in [2.75, 3.05) is 7.05 Å². The molecule has 2 aromatic rings. The van der Waals surface area contributed by atoms with Crippen LogP contribution in [-0.2, 0) is 12.8 Å². The van der Waals surface area contributed by atoms with Crippen molar-refractivity contribution in [2.45, 2.75) is 31.7 Å². The molecule has 0 amide bonds. The maximum absolute atomic E-state index is 6.03. The Bertz CT molecular complexity index is 603. The maximum Gasteiger partial charge on any atom is 0.115 e. The van der Waals surface area contributed by atoms with Crippen LogP contribution < -0.4 is 5.32 Å². The summed E-state index contributed by atoms with van der Waals surface area (Å²) >= 11 is 11.5. The van der Waals surface area contributed by atoms with E-state index in [9.17, 15) is 0 Å². The van der Waals surface area contributed by atoms with Gasteiger partial charge in [0.25, 0.3) is 0 Å². The average Bonchev–Trinajstić information content (AvgIpc) is 2.85. The Kier molecular flexibility index (Phi) is 4.46. The Morgan fingerprint density at radius 3 is 2.85 bits per heavy atom. The summed E-state index contributed by atoms with van der Waals surface area (Å²) in [5.74, 6) is 0. The fraction of sp³-hybridized carbons (Fsp3) is 0.400. The molecule has 20 heavy (non-hydrogen) atoms. The van der Waals surface area contributed by atoms with E-state index in [2.05, 4.69) is 27.3 Å². The highest BCUT2D eigenvalue weighted by molar-refractivity contribution is 9.10. The van der Waals surface area contributed by atoms with Crippen molar-refractivity contribution < 1.29 is 0 Å². The van der Waals surface area contributed by atoms with Crippen LogP contribution in [0.15, 0.2) is 22.7 Å². The third kappa shape index (κ3) is 2.80. The summed E-state index contributed by atoms with van der Waals surface area (Å²) < 4.78 is 1.03. The van der Waals surface area contributed by atoms with Crippen molar-refractivity contribution in [2.24, 2.45) is 0 Å². The van der Waals surface area contributed by atoms with Gasteiger partial charge in [0, 0.05) is 14.4 Å². The van der Waals surface area contributed by atoms with Crippen LogP contribution in [0.25, 0.3) is 0 Å². The zero-order chi connectivity index (χ0) is 14.1. The smallest absolute Gasteiger partial charge is 0.115 e. The fourth-order valence-electron chi connectivity index (χ4n) is 2.64. The number of benzene rings is 1. The molecule has 1 N–H and O–H groups in total. The highest BCUT2D eigenvalue weighted by Gasteiger charge is 2.22. The Morgan fingerprint density at radius 1 is 1.35 bits per heavy atom. The number of fused-ring (bicyclic) bond motifs is 1. The Hall–Kier alpha value is -0.420. The number of hydrogen-bond acceptors (Lipinski definition) is 3. The minimum absolute atomic E-state index is 0.122. The molecule has 0 fully saturated rings. The third-order valence-electron chi connectivity index (χ3n) is 3.67. The summed E-state index contributed by atoms with van der Waals surface area (Å²) in [5.41, 5.74) is 2.49. The summed E-state index contributed by atoms with van der Waals surface area (Å²) in [6.45, 7) is 0. The van der Waals surface area contributed by atoms with E-state index in [-0.39, 0.29) is 6.04 Å². The molecule has 1 aliphatic carbocycles. The topological polar surface area (TPSA) is 24.9 Å². The van der Waals surface area contributed by atoms with Gasteiger partial charge in [-0.1, -0.05) is 33.6 Å². The second kappa shape index (κ2) is 6.14. The van der Waals surface area contributed by atoms with Crippen molar-refractivity contribution in [3.05, 3.63) is 48.8 Å². The van der Waals surface area contributed by atoms with Crippen molar-refractivity contribution in [3.8, 4) is 0 Å². The van der Waals surface area contributed by atoms with E-state index in [1.54, 1.807) is 0 Å². The number of halogens is 2. The summed E-state index contributed by atoms with van der Waals surface area (Å²) in [5, 5.41) is 5.28. The molecule has 3 rings (SSSR count). The largest absolute Gasteiger partial charge is 0.307 e. The van der Waals surface area contributed by atoms with Gasteiger partial charge in [-0.15, -0.1) is 11.3 Å². The standard InChI is InChI=1S/C15H16BrClN2S/c1-18-14(10-7-6-9(17)8-11(10)16)15-19-12-4-2-3-5-13(12)20-15/h6-8,14,18H,2-5H2,1H3. The van der Waals surface area contributed by atoms with Crippen molar-refractivity contribution in [1.29, 1.82) is 0 Å². The van der Waals surface area contributed by atoms with Crippen LogP contribution in [0.4, 0.5) is 0 Å². The summed E-state index contributed by atoms with van der Waals surface area (Å²) in [6, 6.07) is 6.06. The first-order chi connectivity index (χ1) is 9.69. The van der Waals surface area contributed by atoms with Gasteiger partial charge < -0.3 is 5.32 Å². The van der Waals surface area contributed by atoms with Gasteiger partial charge in [0.1, 0.15) is 5.01 Å². The molecule has 0 aliphatic heterocycles. The van der Waals surface area contributed by atoms with Crippen molar-refractivity contribution >= 4 is 38.9 Å². The molecule has 1 unspecified atom stereocenters. The molecule has 1 aromatic carbocycles. The first kappa shape index (κ1) is 14.5. The molecule has 5 heteroatoms. The Morgan fingerprint density at radius 2 is 2.15 bits per heavy atom. The Balaban J connectivity index is 1.98. The van der Waals surface area contributed by atoms with Crippen molar-refractivity contribution in [3.63, 3.8) is 0 Å². The van der Waals surface area contributed by atoms with Gasteiger partial charge in [0.15, 0.2) is 0 Å². The average molecular weight is 372 g/mol. The molecule has 1 atom stereocenters. The zero-order valence-electron chi connectivity index (χ0n) is 11.2. The lowest BCUT2D eigenvalue weighted by atomic mass is 10.0. The van der Waals surface area contributed by atoms with E-state index in [4.69, 9.17) is 16.6 Å². The minimum Gasteiger partial charge on any atom is -0.307 e. The normalized spacial score (nSPS) is 15.9. The van der Waals surface area contributed by atoms with Crippen LogP contribution in [0, 0.1) is 0 Å². The molecule has 1 aliphatic rings. The molecular weight excluding hydrogens is 356 g/mol. The lowest BCUT2D eigenvalue weighted by Crippen LogP contribution is -2.18. The van der Waals surface area contributed by atoms with Crippen LogP contribution in [0.2, 0.25) is 5.02 Å². The SMILES string of the molecule is CNC(c1nc2c(s1)CCCC2)c1ccc(Cl)cc1Br. The number of aromatic nitrogens is 1. The quantitative estimate of drug-likeness (QED) is 0.842. The van der Waals surface area contributed by atoms with Crippen LogP contribution in [-0.4, -0.2) is 12.0 Å². The molecular formula is C15H16BrClN2S. The van der Waals surface area contributed by atoms with Gasteiger partial charge in [0.05, 0.1) is 11.7 Å². The number of nitrogens with zero attached hydrogens (tertiary/aromatic N) is 1. The molecule has 2 nitrogen and oxygen atoms in total. The van der Waals surface area contributed by atoms with Crippen molar-refractivity contribution in [1.82, 2.24) is 10.3 Å². The van der Waals surface area contributed by atoms with E-state index in [0.29, 0.717) is 0 Å². The van der Waals surface area contributed by atoms with Crippen LogP contribution in [0.1, 0.15) is 40.0 Å². The highest BCUT2D eigenvalue weighted by atomic mass is 79.9. The number of aryl methyl sites for hydroxylation is 2. The fourth-order valence-corrected chi connectivity index (χ4v) is 4.84. The van der Waals surface area contributed by atoms with Crippen LogP contribution in [0.3, 0.4) is 0 Å². The summed E-state index contributed by atoms with van der Waals surface area (Å²) in [6.07, 6.45) is 4.88. The highest BCUT2D eigenvalue weighted by Crippen LogP contribution is 2.35. The first-order valence-corrected chi connectivity index (χ1v) is 8.78. The van der Waals surface area contributed by atoms with Gasteiger partial charge >= 0.3 is 0 Å². The summed E-state index contributed by atoms with van der Waals surface area (Å²) in [7, 11) is 1.98. The number of thiazole rings is 1. The predicted octanol–water partition coefficient (Wildman–Crippen LogP) is 4.75. The van der Waals surface area contributed by atoms with Gasteiger partial charge in [0.2, 0.25) is 0 Å². The van der Waals surface area contributed by atoms with Gasteiger partial charge in [-0.25, -0.2) is 4.98 Å². The molecule has 0 bridgehead atoms. The molecule has 106 valence electrons. The van der Waals surface area contributed by atoms with E-state index < -0.39 is 0 Å². The molecule has 0 saturated heterocycles. The lowest BCUT2D eigenvalue weighted by Gasteiger charge is -2.15. The third-order valence-corrected chi connectivity index (χ3v) is 5.82. The maximum atomic E-state index is 6.03. The van der Waals surface area contributed by atoms with Gasteiger partial charge in [-0.2, -0.15) is 0 Å². The van der Waals surface area contributed by atoms with E-state index in [0.717, 1.165) is 20.9 Å². The summed E-state index contributed by atoms with van der Waals surface area (Å²) in [4.78, 5) is 6.33. The van der Waals surface area contributed by atoms with E-state index in [1.165, 1.54) is 35.4 Å². The number of hydrogen-bond donors (Lipinski definition) is 1.